The summed E-state index contributed by atoms with van der Waals surface area (Å²) in [6.45, 7) is 3.42. The fraction of sp³-hybridized carbons (Fsp3) is 0.455. The first kappa shape index (κ1) is 20.3. The lowest BCUT2D eigenvalue weighted by molar-refractivity contribution is -0.0297. The number of benzene rings is 1. The summed E-state index contributed by atoms with van der Waals surface area (Å²) in [7, 11) is 5.07. The van der Waals surface area contributed by atoms with Crippen molar-refractivity contribution in [3.8, 4) is 11.5 Å². The van der Waals surface area contributed by atoms with Gasteiger partial charge in [0.15, 0.2) is 11.5 Å². The number of likely N-dealkylation sites (tertiary alicyclic amines) is 1. The van der Waals surface area contributed by atoms with Crippen molar-refractivity contribution in [3.63, 3.8) is 0 Å². The highest BCUT2D eigenvalue weighted by molar-refractivity contribution is 6.01. The first-order chi connectivity index (χ1) is 14.4. The van der Waals surface area contributed by atoms with Crippen LogP contribution in [0.4, 0.5) is 0 Å². The first-order valence-electron chi connectivity index (χ1n) is 10.1. The Labute approximate surface area is 175 Å². The Bertz CT molecular complexity index is 1080. The Kier molecular flexibility index (Phi) is 5.19. The number of ether oxygens (including phenoxy) is 2. The van der Waals surface area contributed by atoms with E-state index in [4.69, 9.17) is 9.47 Å². The van der Waals surface area contributed by atoms with Crippen LogP contribution in [0.25, 0.3) is 10.9 Å². The fourth-order valence-corrected chi connectivity index (χ4v) is 4.27. The molecular weight excluding hydrogens is 384 g/mol. The van der Waals surface area contributed by atoms with E-state index >= 15 is 0 Å². The van der Waals surface area contributed by atoms with Gasteiger partial charge in [0.25, 0.3) is 5.91 Å². The first-order valence-corrected chi connectivity index (χ1v) is 10.1. The number of fused-ring (bicyclic) bond motifs is 1. The van der Waals surface area contributed by atoms with Crippen molar-refractivity contribution < 1.29 is 19.4 Å². The Morgan fingerprint density at radius 1 is 1.23 bits per heavy atom. The minimum absolute atomic E-state index is 0.0458. The van der Waals surface area contributed by atoms with Gasteiger partial charge in [0.05, 0.1) is 31.9 Å². The highest BCUT2D eigenvalue weighted by atomic mass is 16.5. The number of imidazole rings is 1. The maximum atomic E-state index is 13.3. The lowest BCUT2D eigenvalue weighted by atomic mass is 9.91. The molecule has 1 fully saturated rings. The minimum Gasteiger partial charge on any atom is -0.493 e. The molecule has 3 aromatic rings. The fourth-order valence-electron chi connectivity index (χ4n) is 4.27. The number of nitrogens with zero attached hydrogens (tertiary/aromatic N) is 4. The van der Waals surface area contributed by atoms with Crippen LogP contribution in [0.15, 0.2) is 30.6 Å². The number of carbonyl (C=O) groups excluding carboxylic acids is 1. The summed E-state index contributed by atoms with van der Waals surface area (Å²) in [5.74, 6) is 2.08. The molecule has 0 saturated carbocycles. The van der Waals surface area contributed by atoms with E-state index in [1.54, 1.807) is 20.4 Å². The predicted molar refractivity (Wildman–Crippen MR) is 113 cm³/mol. The van der Waals surface area contributed by atoms with Crippen molar-refractivity contribution in [2.45, 2.75) is 31.9 Å². The molecule has 30 heavy (non-hydrogen) atoms. The molecule has 0 spiro atoms. The van der Waals surface area contributed by atoms with Crippen LogP contribution in [0.5, 0.6) is 11.5 Å². The van der Waals surface area contributed by atoms with Crippen molar-refractivity contribution in [2.24, 2.45) is 7.05 Å². The standard InChI is InChI=1S/C22H28N4O4/c1-15-23-9-12-26(15)14-22(28)7-10-25(11-8-22)21(27)18-13-16-17(24(18)2)5-6-19(29-3)20(16)30-4/h5-6,9,12-13,28H,7-8,10-11,14H2,1-4H3. The number of aromatic nitrogens is 3. The van der Waals surface area contributed by atoms with Gasteiger partial charge in [-0.15, -0.1) is 0 Å². The van der Waals surface area contributed by atoms with Gasteiger partial charge in [-0.25, -0.2) is 4.98 Å². The zero-order valence-corrected chi connectivity index (χ0v) is 17.9. The molecule has 4 rings (SSSR count). The van der Waals surface area contributed by atoms with Crippen LogP contribution in [-0.2, 0) is 13.6 Å². The summed E-state index contributed by atoms with van der Waals surface area (Å²) in [6.07, 6.45) is 4.66. The van der Waals surface area contributed by atoms with E-state index in [0.29, 0.717) is 49.7 Å². The number of hydrogen-bond acceptors (Lipinski definition) is 5. The minimum atomic E-state index is -0.836. The average molecular weight is 412 g/mol. The van der Waals surface area contributed by atoms with Gasteiger partial charge in [-0.05, 0) is 38.0 Å². The largest absolute Gasteiger partial charge is 0.493 e. The van der Waals surface area contributed by atoms with Crippen molar-refractivity contribution in [1.82, 2.24) is 19.0 Å². The molecule has 0 atom stereocenters. The Morgan fingerprint density at radius 3 is 2.57 bits per heavy atom. The Morgan fingerprint density at radius 2 is 1.97 bits per heavy atom. The van der Waals surface area contributed by atoms with E-state index < -0.39 is 5.60 Å². The van der Waals surface area contributed by atoms with E-state index in [2.05, 4.69) is 4.98 Å². The third kappa shape index (κ3) is 3.41. The molecule has 1 saturated heterocycles. The lowest BCUT2D eigenvalue weighted by Crippen LogP contribution is -2.49. The second-order valence-electron chi connectivity index (χ2n) is 7.94. The lowest BCUT2D eigenvalue weighted by Gasteiger charge is -2.38. The van der Waals surface area contributed by atoms with Gasteiger partial charge in [-0.1, -0.05) is 0 Å². The average Bonchev–Trinajstić information content (AvgIpc) is 3.29. The Hall–Kier alpha value is -3.00. The van der Waals surface area contributed by atoms with E-state index in [-0.39, 0.29) is 5.91 Å². The number of rotatable bonds is 5. The van der Waals surface area contributed by atoms with Gasteiger partial charge in [0.1, 0.15) is 11.5 Å². The van der Waals surface area contributed by atoms with Crippen LogP contribution < -0.4 is 9.47 Å². The normalized spacial score (nSPS) is 16.1. The topological polar surface area (TPSA) is 81.8 Å². The van der Waals surface area contributed by atoms with E-state index in [9.17, 15) is 9.90 Å². The zero-order valence-electron chi connectivity index (χ0n) is 17.9. The third-order valence-corrected chi connectivity index (χ3v) is 6.15. The number of piperidine rings is 1. The summed E-state index contributed by atoms with van der Waals surface area (Å²) in [5, 5.41) is 11.8. The van der Waals surface area contributed by atoms with E-state index in [1.807, 2.05) is 52.4 Å². The van der Waals surface area contributed by atoms with Gasteiger partial charge in [0, 0.05) is 37.9 Å². The van der Waals surface area contributed by atoms with Crippen molar-refractivity contribution in [2.75, 3.05) is 27.3 Å². The van der Waals surface area contributed by atoms with Crippen LogP contribution in [0.2, 0.25) is 0 Å². The molecule has 1 aliphatic heterocycles. The predicted octanol–water partition coefficient (Wildman–Crippen LogP) is 2.37. The number of carbonyl (C=O) groups is 1. The monoisotopic (exact) mass is 412 g/mol. The summed E-state index contributed by atoms with van der Waals surface area (Å²) in [6, 6.07) is 5.62. The molecule has 8 heteroatoms. The quantitative estimate of drug-likeness (QED) is 0.696. The third-order valence-electron chi connectivity index (χ3n) is 6.15. The zero-order chi connectivity index (χ0) is 21.5. The van der Waals surface area contributed by atoms with Crippen LogP contribution >= 0.6 is 0 Å². The molecule has 1 aliphatic rings. The molecule has 1 aromatic carbocycles. The highest BCUT2D eigenvalue weighted by Crippen LogP contribution is 2.37. The number of methoxy groups -OCH3 is 2. The van der Waals surface area contributed by atoms with Crippen LogP contribution in [0, 0.1) is 6.92 Å². The van der Waals surface area contributed by atoms with Crippen molar-refractivity contribution in [3.05, 3.63) is 42.1 Å². The second-order valence-corrected chi connectivity index (χ2v) is 7.94. The van der Waals surface area contributed by atoms with Gasteiger partial charge < -0.3 is 28.6 Å². The summed E-state index contributed by atoms with van der Waals surface area (Å²) >= 11 is 0. The maximum Gasteiger partial charge on any atom is 0.270 e. The maximum absolute atomic E-state index is 13.3. The van der Waals surface area contributed by atoms with Gasteiger partial charge in [-0.2, -0.15) is 0 Å². The number of aryl methyl sites for hydroxylation is 2. The number of amides is 1. The SMILES string of the molecule is COc1ccc2c(cc(C(=O)N3CCC(O)(Cn4ccnc4C)CC3)n2C)c1OC. The molecule has 0 unspecified atom stereocenters. The van der Waals surface area contributed by atoms with E-state index in [0.717, 1.165) is 16.7 Å². The van der Waals surface area contributed by atoms with Crippen LogP contribution in [0.3, 0.4) is 0 Å². The molecule has 2 aromatic heterocycles. The Balaban J connectivity index is 1.54. The van der Waals surface area contributed by atoms with Gasteiger partial charge in [-0.3, -0.25) is 4.79 Å². The van der Waals surface area contributed by atoms with Gasteiger partial charge >= 0.3 is 0 Å². The second kappa shape index (κ2) is 7.68. The van der Waals surface area contributed by atoms with Crippen LogP contribution in [0.1, 0.15) is 29.2 Å². The van der Waals surface area contributed by atoms with Crippen molar-refractivity contribution >= 4 is 16.8 Å². The molecule has 1 N–H and O–H groups in total. The molecule has 160 valence electrons. The number of aliphatic hydroxyl groups is 1. The number of hydrogen-bond donors (Lipinski definition) is 1. The molecule has 3 heterocycles. The van der Waals surface area contributed by atoms with Crippen LogP contribution in [-0.4, -0.2) is 62.9 Å². The van der Waals surface area contributed by atoms with Crippen molar-refractivity contribution in [1.29, 1.82) is 0 Å². The molecule has 0 aliphatic carbocycles. The molecule has 8 nitrogen and oxygen atoms in total. The molecule has 0 bridgehead atoms. The van der Waals surface area contributed by atoms with E-state index in [1.165, 1.54) is 0 Å². The molecule has 0 radical (unpaired) electrons. The van der Waals surface area contributed by atoms with Gasteiger partial charge in [0.2, 0.25) is 0 Å². The summed E-state index contributed by atoms with van der Waals surface area (Å²) in [5.41, 5.74) is 0.658. The summed E-state index contributed by atoms with van der Waals surface area (Å²) < 4.78 is 14.8. The highest BCUT2D eigenvalue weighted by Gasteiger charge is 2.35. The summed E-state index contributed by atoms with van der Waals surface area (Å²) in [4.78, 5) is 19.3. The molecule has 1 amide bonds. The molecular formula is C22H28N4O4. The smallest absolute Gasteiger partial charge is 0.270 e.